The van der Waals surface area contributed by atoms with Crippen LogP contribution < -0.4 is 4.72 Å². The van der Waals surface area contributed by atoms with Crippen molar-refractivity contribution in [2.45, 2.75) is 39.0 Å². The Labute approximate surface area is 110 Å². The van der Waals surface area contributed by atoms with E-state index in [-0.39, 0.29) is 12.3 Å². The molecule has 0 bridgehead atoms. The second-order valence-electron chi connectivity index (χ2n) is 4.56. The van der Waals surface area contributed by atoms with Gasteiger partial charge in [0.05, 0.1) is 0 Å². The van der Waals surface area contributed by atoms with Gasteiger partial charge in [0.15, 0.2) is 0 Å². The molecule has 0 spiro atoms. The zero-order valence-corrected chi connectivity index (χ0v) is 12.2. The molecule has 0 fully saturated rings. The number of carbonyl (C=O) groups is 1. The first kappa shape index (κ1) is 17.3. The molecular weight excluding hydrogens is 256 g/mol. The summed E-state index contributed by atoms with van der Waals surface area (Å²) in [6.45, 7) is 2.39. The number of carboxylic acid groups (broad SMARTS) is 1. The van der Waals surface area contributed by atoms with E-state index < -0.39 is 16.2 Å². The number of hydrogen-bond acceptors (Lipinski definition) is 3. The van der Waals surface area contributed by atoms with Gasteiger partial charge in [-0.15, -0.1) is 0 Å². The Balaban J connectivity index is 4.08. The molecule has 0 aromatic rings. The molecule has 0 aliphatic rings. The Kier molecular flexibility index (Phi) is 8.13. The van der Waals surface area contributed by atoms with Crippen LogP contribution in [0.4, 0.5) is 0 Å². The summed E-state index contributed by atoms with van der Waals surface area (Å²) in [7, 11) is -0.436. The molecule has 0 saturated heterocycles. The van der Waals surface area contributed by atoms with Crippen molar-refractivity contribution in [3.05, 3.63) is 0 Å². The second kappa shape index (κ2) is 8.44. The summed E-state index contributed by atoms with van der Waals surface area (Å²) < 4.78 is 26.5. The van der Waals surface area contributed by atoms with Crippen molar-refractivity contribution >= 4 is 16.2 Å². The molecule has 1 atom stereocenters. The highest BCUT2D eigenvalue weighted by Crippen LogP contribution is 2.17. The molecule has 108 valence electrons. The lowest BCUT2D eigenvalue weighted by Crippen LogP contribution is -2.36. The molecule has 0 radical (unpaired) electrons. The van der Waals surface area contributed by atoms with Gasteiger partial charge < -0.3 is 5.11 Å². The summed E-state index contributed by atoms with van der Waals surface area (Å²) in [4.78, 5) is 10.5. The van der Waals surface area contributed by atoms with Crippen molar-refractivity contribution in [3.8, 4) is 0 Å². The highest BCUT2D eigenvalue weighted by atomic mass is 32.2. The third kappa shape index (κ3) is 7.62. The Hall–Kier alpha value is -0.660. The summed E-state index contributed by atoms with van der Waals surface area (Å²) in [6, 6.07) is 0. The largest absolute Gasteiger partial charge is 0.481 e. The third-order valence-corrected chi connectivity index (χ3v) is 4.31. The molecule has 0 heterocycles. The fourth-order valence-corrected chi connectivity index (χ4v) is 2.32. The highest BCUT2D eigenvalue weighted by Gasteiger charge is 2.14. The van der Waals surface area contributed by atoms with E-state index in [0.29, 0.717) is 19.4 Å². The number of hydrogen-bond donors (Lipinski definition) is 2. The predicted molar refractivity (Wildman–Crippen MR) is 70.5 cm³/mol. The van der Waals surface area contributed by atoms with Gasteiger partial charge in [0.1, 0.15) is 0 Å². The minimum Gasteiger partial charge on any atom is -0.481 e. The molecular formula is C11H24N2O4S. The van der Waals surface area contributed by atoms with E-state index in [1.165, 1.54) is 14.1 Å². The Morgan fingerprint density at radius 3 is 2.33 bits per heavy atom. The molecule has 0 aliphatic carbocycles. The monoisotopic (exact) mass is 280 g/mol. The van der Waals surface area contributed by atoms with Crippen LogP contribution in [-0.2, 0) is 15.0 Å². The van der Waals surface area contributed by atoms with Gasteiger partial charge in [0, 0.05) is 27.1 Å². The molecule has 2 N–H and O–H groups in total. The normalized spacial score (nSPS) is 13.8. The zero-order chi connectivity index (χ0) is 14.2. The van der Waals surface area contributed by atoms with Crippen LogP contribution in [-0.4, -0.2) is 44.4 Å². The van der Waals surface area contributed by atoms with Crippen LogP contribution in [0.3, 0.4) is 0 Å². The van der Waals surface area contributed by atoms with Gasteiger partial charge in [-0.3, -0.25) is 4.79 Å². The van der Waals surface area contributed by atoms with Crippen molar-refractivity contribution in [3.63, 3.8) is 0 Å². The van der Waals surface area contributed by atoms with Gasteiger partial charge in [0.25, 0.3) is 10.2 Å². The van der Waals surface area contributed by atoms with Crippen molar-refractivity contribution in [2.75, 3.05) is 20.6 Å². The van der Waals surface area contributed by atoms with E-state index in [0.717, 1.165) is 17.1 Å². The maximum absolute atomic E-state index is 11.5. The number of nitrogens with one attached hydrogen (secondary N) is 1. The molecule has 6 nitrogen and oxygen atoms in total. The number of nitrogens with zero attached hydrogens (tertiary/aromatic N) is 1. The van der Waals surface area contributed by atoms with Gasteiger partial charge in [0.2, 0.25) is 0 Å². The van der Waals surface area contributed by atoms with E-state index in [4.69, 9.17) is 5.11 Å². The molecule has 0 aromatic carbocycles. The Morgan fingerprint density at radius 2 is 1.89 bits per heavy atom. The number of rotatable bonds is 10. The molecule has 1 unspecified atom stereocenters. The van der Waals surface area contributed by atoms with Crippen LogP contribution in [0.5, 0.6) is 0 Å². The van der Waals surface area contributed by atoms with Gasteiger partial charge in [-0.1, -0.05) is 19.8 Å². The standard InChI is InChI=1S/C11H24N2O4S/c1-4-5-10(6-7-11(14)15)8-9-12-18(16,17)13(2)3/h10,12H,4-9H2,1-3H3,(H,14,15). The average molecular weight is 280 g/mol. The minimum absolute atomic E-state index is 0.144. The summed E-state index contributed by atoms with van der Waals surface area (Å²) in [6.07, 6.45) is 3.33. The van der Waals surface area contributed by atoms with Crippen LogP contribution in [0.25, 0.3) is 0 Å². The lowest BCUT2D eigenvalue weighted by atomic mass is 9.95. The van der Waals surface area contributed by atoms with E-state index in [9.17, 15) is 13.2 Å². The van der Waals surface area contributed by atoms with E-state index in [1.54, 1.807) is 0 Å². The molecule has 0 aliphatic heterocycles. The number of carboxylic acids is 1. The van der Waals surface area contributed by atoms with Gasteiger partial charge in [-0.05, 0) is 18.8 Å². The van der Waals surface area contributed by atoms with Crippen LogP contribution in [0, 0.1) is 5.92 Å². The van der Waals surface area contributed by atoms with Crippen molar-refractivity contribution < 1.29 is 18.3 Å². The maximum atomic E-state index is 11.5. The fraction of sp³-hybridized carbons (Fsp3) is 0.909. The Morgan fingerprint density at radius 1 is 1.28 bits per heavy atom. The average Bonchev–Trinajstić information content (AvgIpc) is 2.25. The summed E-state index contributed by atoms with van der Waals surface area (Å²) in [5, 5.41) is 8.64. The van der Waals surface area contributed by atoms with Crippen molar-refractivity contribution in [1.82, 2.24) is 9.03 Å². The van der Waals surface area contributed by atoms with Crippen LogP contribution in [0.1, 0.15) is 39.0 Å². The highest BCUT2D eigenvalue weighted by molar-refractivity contribution is 7.87. The van der Waals surface area contributed by atoms with Crippen LogP contribution >= 0.6 is 0 Å². The summed E-state index contributed by atoms with van der Waals surface area (Å²) in [5.74, 6) is -0.541. The van der Waals surface area contributed by atoms with Gasteiger partial charge >= 0.3 is 5.97 Å². The SMILES string of the molecule is CCCC(CCNS(=O)(=O)N(C)C)CCC(=O)O. The lowest BCUT2D eigenvalue weighted by molar-refractivity contribution is -0.137. The third-order valence-electron chi connectivity index (χ3n) is 2.78. The first-order valence-electron chi connectivity index (χ1n) is 6.18. The second-order valence-corrected chi connectivity index (χ2v) is 6.53. The topological polar surface area (TPSA) is 86.7 Å². The quantitative estimate of drug-likeness (QED) is 0.626. The van der Waals surface area contributed by atoms with E-state index >= 15 is 0 Å². The lowest BCUT2D eigenvalue weighted by Gasteiger charge is -2.17. The molecule has 0 saturated carbocycles. The summed E-state index contributed by atoms with van der Waals surface area (Å²) in [5.41, 5.74) is 0. The predicted octanol–water partition coefficient (Wildman–Crippen LogP) is 1.05. The fourth-order valence-electron chi connectivity index (χ4n) is 1.69. The maximum Gasteiger partial charge on any atom is 0.303 e. The van der Waals surface area contributed by atoms with Crippen molar-refractivity contribution in [2.24, 2.45) is 5.92 Å². The molecule has 18 heavy (non-hydrogen) atoms. The smallest absolute Gasteiger partial charge is 0.303 e. The van der Waals surface area contributed by atoms with Gasteiger partial charge in [-0.25, -0.2) is 4.72 Å². The molecule has 7 heteroatoms. The first-order chi connectivity index (χ1) is 8.29. The van der Waals surface area contributed by atoms with Crippen LogP contribution in [0.15, 0.2) is 0 Å². The van der Waals surface area contributed by atoms with Gasteiger partial charge in [-0.2, -0.15) is 12.7 Å². The van der Waals surface area contributed by atoms with Crippen LogP contribution in [0.2, 0.25) is 0 Å². The molecule has 0 amide bonds. The molecule has 0 rings (SSSR count). The summed E-state index contributed by atoms with van der Waals surface area (Å²) >= 11 is 0. The van der Waals surface area contributed by atoms with E-state index in [1.807, 2.05) is 6.92 Å². The Bertz CT molecular complexity index is 341. The number of aliphatic carboxylic acids is 1. The van der Waals surface area contributed by atoms with Crippen molar-refractivity contribution in [1.29, 1.82) is 0 Å². The zero-order valence-electron chi connectivity index (χ0n) is 11.3. The first-order valence-corrected chi connectivity index (χ1v) is 7.62. The minimum atomic E-state index is -3.37. The van der Waals surface area contributed by atoms with E-state index in [2.05, 4.69) is 4.72 Å². The molecule has 0 aromatic heterocycles.